The van der Waals surface area contributed by atoms with Crippen molar-refractivity contribution in [2.45, 2.75) is 17.9 Å². The summed E-state index contributed by atoms with van der Waals surface area (Å²) in [5, 5.41) is 9.32. The van der Waals surface area contributed by atoms with Gasteiger partial charge in [-0.2, -0.15) is 5.26 Å². The lowest BCUT2D eigenvalue weighted by Gasteiger charge is -2.27. The molecule has 2 aromatic rings. The first-order chi connectivity index (χ1) is 11.1. The number of rotatable bonds is 3. The van der Waals surface area contributed by atoms with Crippen molar-refractivity contribution in [1.29, 1.82) is 5.26 Å². The lowest BCUT2D eigenvalue weighted by Crippen LogP contribution is -2.26. The summed E-state index contributed by atoms with van der Waals surface area (Å²) in [6, 6.07) is 18.0. The van der Waals surface area contributed by atoms with Crippen LogP contribution in [0.5, 0.6) is 0 Å². The second-order valence-corrected chi connectivity index (χ2v) is 7.33. The molecule has 116 valence electrons. The summed E-state index contributed by atoms with van der Waals surface area (Å²) in [7, 11) is -3.77. The van der Waals surface area contributed by atoms with Gasteiger partial charge in [0.05, 0.1) is 4.90 Å². The van der Waals surface area contributed by atoms with Crippen LogP contribution < -0.4 is 0 Å². The van der Waals surface area contributed by atoms with Crippen LogP contribution in [0.25, 0.3) is 0 Å². The fourth-order valence-corrected chi connectivity index (χ4v) is 3.86. The largest absolute Gasteiger partial charge is 0.371 e. The molecule has 23 heavy (non-hydrogen) atoms. The Balaban J connectivity index is 1.91. The molecule has 1 aliphatic heterocycles. The van der Waals surface area contributed by atoms with Crippen LogP contribution in [-0.4, -0.2) is 19.9 Å². The molecule has 0 unspecified atom stereocenters. The minimum atomic E-state index is -3.77. The Labute approximate surface area is 136 Å². The normalized spacial score (nSPS) is 14.9. The molecule has 0 amide bonds. The van der Waals surface area contributed by atoms with Gasteiger partial charge in [-0.25, -0.2) is 8.42 Å². The molecule has 0 bridgehead atoms. The fourth-order valence-electron chi connectivity index (χ4n) is 2.68. The number of benzene rings is 2. The van der Waals surface area contributed by atoms with E-state index >= 15 is 0 Å². The molecule has 3 rings (SSSR count). The van der Waals surface area contributed by atoms with E-state index in [4.69, 9.17) is 0 Å². The predicted molar refractivity (Wildman–Crippen MR) is 87.9 cm³/mol. The summed E-state index contributed by atoms with van der Waals surface area (Å²) in [5.74, 6) is 0. The first-order valence-corrected chi connectivity index (χ1v) is 8.82. The van der Waals surface area contributed by atoms with Gasteiger partial charge in [-0.15, -0.1) is 0 Å². The zero-order chi connectivity index (χ0) is 16.3. The summed E-state index contributed by atoms with van der Waals surface area (Å²) in [4.78, 5) is 1.81. The molecular weight excluding hydrogens is 308 g/mol. The van der Waals surface area contributed by atoms with E-state index in [1.165, 1.54) is 29.5 Å². The number of allylic oxidation sites excluding steroid dienone is 1. The van der Waals surface area contributed by atoms with Gasteiger partial charge in [0.25, 0.3) is 0 Å². The second-order valence-electron chi connectivity index (χ2n) is 5.41. The molecule has 0 radical (unpaired) electrons. The molecule has 0 saturated heterocycles. The third-order valence-corrected chi connectivity index (χ3v) is 5.58. The first-order valence-electron chi connectivity index (χ1n) is 7.34. The van der Waals surface area contributed by atoms with Crippen molar-refractivity contribution < 1.29 is 8.42 Å². The van der Waals surface area contributed by atoms with Gasteiger partial charge in [0.1, 0.15) is 6.07 Å². The summed E-state index contributed by atoms with van der Waals surface area (Å²) < 4.78 is 25.1. The molecule has 0 fully saturated rings. The maximum Gasteiger partial charge on any atom is 0.218 e. The molecular formula is C18H16N2O2S. The monoisotopic (exact) mass is 324 g/mol. The Hall–Kier alpha value is -2.58. The molecule has 4 nitrogen and oxygen atoms in total. The zero-order valence-electron chi connectivity index (χ0n) is 12.5. The van der Waals surface area contributed by atoms with E-state index in [1.807, 2.05) is 29.2 Å². The lowest BCUT2D eigenvalue weighted by molar-refractivity contribution is 0.352. The average molecular weight is 324 g/mol. The lowest BCUT2D eigenvalue weighted by atomic mass is 10.0. The van der Waals surface area contributed by atoms with E-state index in [-0.39, 0.29) is 9.80 Å². The maximum atomic E-state index is 12.6. The third kappa shape index (κ3) is 3.13. The van der Waals surface area contributed by atoms with E-state index in [2.05, 4.69) is 6.07 Å². The Morgan fingerprint density at radius 2 is 1.70 bits per heavy atom. The van der Waals surface area contributed by atoms with Gasteiger partial charge in [-0.05, 0) is 29.7 Å². The van der Waals surface area contributed by atoms with Crippen LogP contribution in [0.1, 0.15) is 11.1 Å². The van der Waals surface area contributed by atoms with Crippen molar-refractivity contribution in [2.75, 3.05) is 6.54 Å². The van der Waals surface area contributed by atoms with Crippen molar-refractivity contribution in [3.8, 4) is 6.07 Å². The van der Waals surface area contributed by atoms with Gasteiger partial charge in [0, 0.05) is 19.3 Å². The predicted octanol–water partition coefficient (Wildman–Crippen LogP) is 2.88. The van der Waals surface area contributed by atoms with Gasteiger partial charge in [0.2, 0.25) is 9.84 Å². The van der Waals surface area contributed by atoms with Gasteiger partial charge in [-0.1, -0.05) is 42.5 Å². The molecule has 0 spiro atoms. The minimum Gasteiger partial charge on any atom is -0.371 e. The molecule has 0 N–H and O–H groups in total. The minimum absolute atomic E-state index is 0.144. The van der Waals surface area contributed by atoms with Crippen molar-refractivity contribution in [3.63, 3.8) is 0 Å². The quantitative estimate of drug-likeness (QED) is 0.815. The first kappa shape index (κ1) is 15.3. The number of fused-ring (bicyclic) bond motifs is 1. The van der Waals surface area contributed by atoms with Crippen LogP contribution in [-0.2, 0) is 22.8 Å². The van der Waals surface area contributed by atoms with Crippen LogP contribution in [0.3, 0.4) is 0 Å². The van der Waals surface area contributed by atoms with Gasteiger partial charge >= 0.3 is 0 Å². The zero-order valence-corrected chi connectivity index (χ0v) is 13.3. The maximum absolute atomic E-state index is 12.6. The van der Waals surface area contributed by atoms with Crippen LogP contribution in [0.15, 0.2) is 70.6 Å². The van der Waals surface area contributed by atoms with E-state index in [1.54, 1.807) is 18.2 Å². The standard InChI is InChI=1S/C18H16N2O2S/c19-12-18(23(21,22)17-8-2-1-3-9-17)14-20-11-10-15-6-4-5-7-16(15)13-20/h1-9,14H,10-11,13H2/b18-14+. The van der Waals surface area contributed by atoms with Crippen molar-refractivity contribution >= 4 is 9.84 Å². The highest BCUT2D eigenvalue weighted by molar-refractivity contribution is 7.95. The number of nitrogens with zero attached hydrogens (tertiary/aromatic N) is 2. The molecule has 1 aliphatic rings. The van der Waals surface area contributed by atoms with Crippen LogP contribution in [0.4, 0.5) is 0 Å². The van der Waals surface area contributed by atoms with Crippen LogP contribution in [0, 0.1) is 11.3 Å². The topological polar surface area (TPSA) is 61.2 Å². The number of nitriles is 1. The van der Waals surface area contributed by atoms with Crippen molar-refractivity contribution in [3.05, 3.63) is 76.8 Å². The third-order valence-electron chi connectivity index (χ3n) is 3.91. The Morgan fingerprint density at radius 3 is 2.39 bits per heavy atom. The van der Waals surface area contributed by atoms with E-state index in [9.17, 15) is 13.7 Å². The molecule has 2 aromatic carbocycles. The smallest absolute Gasteiger partial charge is 0.218 e. The van der Waals surface area contributed by atoms with Crippen molar-refractivity contribution in [2.24, 2.45) is 0 Å². The average Bonchev–Trinajstić information content (AvgIpc) is 2.60. The summed E-state index contributed by atoms with van der Waals surface area (Å²) in [6.45, 7) is 1.32. The SMILES string of the molecule is N#C/C(=C\N1CCc2ccccc2C1)S(=O)(=O)c1ccccc1. The molecule has 0 aliphatic carbocycles. The highest BCUT2D eigenvalue weighted by atomic mass is 32.2. The Bertz CT molecular complexity index is 881. The molecule has 0 aromatic heterocycles. The van der Waals surface area contributed by atoms with Crippen LogP contribution in [0.2, 0.25) is 0 Å². The van der Waals surface area contributed by atoms with Gasteiger partial charge in [-0.3, -0.25) is 0 Å². The molecule has 0 atom stereocenters. The number of hydrogen-bond acceptors (Lipinski definition) is 4. The van der Waals surface area contributed by atoms with Crippen molar-refractivity contribution in [1.82, 2.24) is 4.90 Å². The fraction of sp³-hybridized carbons (Fsp3) is 0.167. The number of sulfone groups is 1. The van der Waals surface area contributed by atoms with Crippen LogP contribution >= 0.6 is 0 Å². The molecule has 1 heterocycles. The molecule has 0 saturated carbocycles. The summed E-state index contributed by atoms with van der Waals surface area (Å²) in [5.41, 5.74) is 2.45. The Morgan fingerprint density at radius 1 is 1.04 bits per heavy atom. The van der Waals surface area contributed by atoms with E-state index in [0.29, 0.717) is 13.1 Å². The Kier molecular flexibility index (Phi) is 4.18. The van der Waals surface area contributed by atoms with Gasteiger partial charge < -0.3 is 4.90 Å². The van der Waals surface area contributed by atoms with E-state index < -0.39 is 9.84 Å². The highest BCUT2D eigenvalue weighted by Gasteiger charge is 2.22. The van der Waals surface area contributed by atoms with E-state index in [0.717, 1.165) is 6.42 Å². The highest BCUT2D eigenvalue weighted by Crippen LogP contribution is 2.23. The summed E-state index contributed by atoms with van der Waals surface area (Å²) in [6.07, 6.45) is 2.31. The summed E-state index contributed by atoms with van der Waals surface area (Å²) >= 11 is 0. The van der Waals surface area contributed by atoms with Gasteiger partial charge in [0.15, 0.2) is 4.91 Å². The number of hydrogen-bond donors (Lipinski definition) is 0. The second kappa shape index (κ2) is 6.27. The molecule has 5 heteroatoms.